The topological polar surface area (TPSA) is 30.5 Å². The smallest absolute Gasteiger partial charge is 0.0704 e. The standard InChI is InChI=1S/C5H11NO2/c1-3-7-5-2-6-8-4-1/h6H,1-5H2. The third kappa shape index (κ3) is 2.26. The molecule has 0 aromatic carbocycles. The minimum absolute atomic E-state index is 0.764. The lowest BCUT2D eigenvalue weighted by Crippen LogP contribution is -2.24. The Morgan fingerprint density at radius 3 is 3.12 bits per heavy atom. The van der Waals surface area contributed by atoms with Crippen molar-refractivity contribution in [2.45, 2.75) is 6.42 Å². The van der Waals surface area contributed by atoms with Gasteiger partial charge in [-0.2, -0.15) is 0 Å². The SMILES string of the molecule is C1COCCNOC1. The summed E-state index contributed by atoms with van der Waals surface area (Å²) in [5.74, 6) is 0. The molecule has 0 aliphatic carbocycles. The summed E-state index contributed by atoms with van der Waals surface area (Å²) < 4.78 is 5.13. The minimum Gasteiger partial charge on any atom is -0.380 e. The van der Waals surface area contributed by atoms with Crippen LogP contribution in [0.3, 0.4) is 0 Å². The van der Waals surface area contributed by atoms with Gasteiger partial charge in [-0.15, -0.1) is 0 Å². The highest BCUT2D eigenvalue weighted by atomic mass is 16.6. The van der Waals surface area contributed by atoms with E-state index in [9.17, 15) is 0 Å². The Morgan fingerprint density at radius 2 is 2.12 bits per heavy atom. The molecule has 0 atom stereocenters. The van der Waals surface area contributed by atoms with E-state index in [1.54, 1.807) is 0 Å². The molecule has 3 nitrogen and oxygen atoms in total. The molecule has 1 aliphatic heterocycles. The van der Waals surface area contributed by atoms with Crippen LogP contribution in [0.25, 0.3) is 0 Å². The highest BCUT2D eigenvalue weighted by Crippen LogP contribution is 1.85. The molecule has 3 heteroatoms. The van der Waals surface area contributed by atoms with Crippen LogP contribution in [0.2, 0.25) is 0 Å². The van der Waals surface area contributed by atoms with E-state index >= 15 is 0 Å². The number of hydroxylamine groups is 1. The maximum Gasteiger partial charge on any atom is 0.0704 e. The van der Waals surface area contributed by atoms with E-state index < -0.39 is 0 Å². The molecule has 48 valence electrons. The van der Waals surface area contributed by atoms with Crippen molar-refractivity contribution in [2.75, 3.05) is 26.4 Å². The molecule has 0 aromatic rings. The van der Waals surface area contributed by atoms with Crippen molar-refractivity contribution in [1.29, 1.82) is 0 Å². The second-order valence-corrected chi connectivity index (χ2v) is 1.71. The van der Waals surface area contributed by atoms with Gasteiger partial charge in [0, 0.05) is 13.2 Å². The Morgan fingerprint density at radius 1 is 1.12 bits per heavy atom. The van der Waals surface area contributed by atoms with E-state index in [-0.39, 0.29) is 0 Å². The lowest BCUT2D eigenvalue weighted by molar-refractivity contribution is -0.0151. The van der Waals surface area contributed by atoms with Crippen LogP contribution in [0.1, 0.15) is 6.42 Å². The first-order valence-electron chi connectivity index (χ1n) is 2.92. The maximum atomic E-state index is 5.13. The quantitative estimate of drug-likeness (QED) is 0.481. The fourth-order valence-corrected chi connectivity index (χ4v) is 0.593. The fourth-order valence-electron chi connectivity index (χ4n) is 0.593. The lowest BCUT2D eigenvalue weighted by Gasteiger charge is -2.10. The van der Waals surface area contributed by atoms with Crippen molar-refractivity contribution in [3.63, 3.8) is 0 Å². The third-order valence-electron chi connectivity index (χ3n) is 0.986. The predicted octanol–water partition coefficient (Wildman–Crippen LogP) is -0.0721. The molecule has 1 fully saturated rings. The van der Waals surface area contributed by atoms with Gasteiger partial charge in [-0.1, -0.05) is 0 Å². The number of hydrogen-bond donors (Lipinski definition) is 1. The Labute approximate surface area is 48.9 Å². The van der Waals surface area contributed by atoms with E-state index in [0.717, 1.165) is 32.8 Å². The Bertz CT molecular complexity index is 34.4. The average molecular weight is 117 g/mol. The van der Waals surface area contributed by atoms with Crippen molar-refractivity contribution >= 4 is 0 Å². The van der Waals surface area contributed by atoms with E-state index in [0.29, 0.717) is 0 Å². The van der Waals surface area contributed by atoms with Gasteiger partial charge in [0.05, 0.1) is 13.2 Å². The minimum atomic E-state index is 0.764. The normalized spacial score (nSPS) is 24.0. The van der Waals surface area contributed by atoms with Crippen molar-refractivity contribution < 1.29 is 9.57 Å². The van der Waals surface area contributed by atoms with Gasteiger partial charge in [-0.05, 0) is 6.42 Å². The first-order valence-corrected chi connectivity index (χ1v) is 2.92. The molecule has 8 heavy (non-hydrogen) atoms. The van der Waals surface area contributed by atoms with Gasteiger partial charge in [0.25, 0.3) is 0 Å². The van der Waals surface area contributed by atoms with Crippen molar-refractivity contribution in [1.82, 2.24) is 5.48 Å². The molecule has 1 saturated heterocycles. The van der Waals surface area contributed by atoms with Gasteiger partial charge in [0.1, 0.15) is 0 Å². The van der Waals surface area contributed by atoms with Crippen LogP contribution < -0.4 is 5.48 Å². The summed E-state index contributed by atoms with van der Waals surface area (Å²) >= 11 is 0. The van der Waals surface area contributed by atoms with Crippen LogP contribution in [0.5, 0.6) is 0 Å². The van der Waals surface area contributed by atoms with Gasteiger partial charge in [0.2, 0.25) is 0 Å². The summed E-state index contributed by atoms with van der Waals surface area (Å²) in [6.45, 7) is 3.17. The van der Waals surface area contributed by atoms with Crippen LogP contribution in [-0.4, -0.2) is 26.4 Å². The van der Waals surface area contributed by atoms with E-state index in [2.05, 4.69) is 5.48 Å². The Kier molecular flexibility index (Phi) is 2.88. The zero-order valence-corrected chi connectivity index (χ0v) is 4.85. The summed E-state index contributed by atoms with van der Waals surface area (Å²) in [6, 6.07) is 0. The van der Waals surface area contributed by atoms with Gasteiger partial charge >= 0.3 is 0 Å². The summed E-state index contributed by atoms with van der Waals surface area (Å²) in [4.78, 5) is 4.94. The lowest BCUT2D eigenvalue weighted by atomic mass is 10.5. The molecule has 0 aromatic heterocycles. The number of rotatable bonds is 0. The molecule has 0 radical (unpaired) electrons. The predicted molar refractivity (Wildman–Crippen MR) is 29.4 cm³/mol. The summed E-state index contributed by atoms with van der Waals surface area (Å²) in [5, 5.41) is 0. The van der Waals surface area contributed by atoms with E-state index in [1.807, 2.05) is 0 Å². The highest BCUT2D eigenvalue weighted by Gasteiger charge is 1.94. The number of ether oxygens (including phenoxy) is 1. The van der Waals surface area contributed by atoms with Crippen LogP contribution in [0.15, 0.2) is 0 Å². The Hall–Kier alpha value is -0.120. The van der Waals surface area contributed by atoms with Crippen molar-refractivity contribution in [2.24, 2.45) is 0 Å². The average Bonchev–Trinajstić information content (AvgIpc) is 1.62. The van der Waals surface area contributed by atoms with Crippen LogP contribution >= 0.6 is 0 Å². The van der Waals surface area contributed by atoms with Crippen LogP contribution in [-0.2, 0) is 9.57 Å². The van der Waals surface area contributed by atoms with Crippen molar-refractivity contribution in [3.8, 4) is 0 Å². The monoisotopic (exact) mass is 117 g/mol. The molecule has 1 N–H and O–H groups in total. The van der Waals surface area contributed by atoms with Gasteiger partial charge in [-0.25, -0.2) is 5.48 Å². The molecule has 0 amide bonds. The maximum absolute atomic E-state index is 5.13. The molecule has 1 aliphatic rings. The van der Waals surface area contributed by atoms with Gasteiger partial charge in [0.15, 0.2) is 0 Å². The second kappa shape index (κ2) is 3.83. The molecule has 1 rings (SSSR count). The first-order chi connectivity index (χ1) is 4.00. The molecular weight excluding hydrogens is 106 g/mol. The second-order valence-electron chi connectivity index (χ2n) is 1.71. The van der Waals surface area contributed by atoms with E-state index in [1.165, 1.54) is 0 Å². The molecule has 0 spiro atoms. The molecule has 0 saturated carbocycles. The van der Waals surface area contributed by atoms with Crippen LogP contribution in [0.4, 0.5) is 0 Å². The third-order valence-corrected chi connectivity index (χ3v) is 0.986. The number of nitrogens with one attached hydrogen (secondary N) is 1. The Balaban J connectivity index is 2.00. The zero-order chi connectivity index (χ0) is 5.66. The fraction of sp³-hybridized carbons (Fsp3) is 1.00. The van der Waals surface area contributed by atoms with Gasteiger partial charge < -0.3 is 9.57 Å². The van der Waals surface area contributed by atoms with Crippen molar-refractivity contribution in [3.05, 3.63) is 0 Å². The highest BCUT2D eigenvalue weighted by molar-refractivity contribution is 4.39. The van der Waals surface area contributed by atoms with E-state index in [4.69, 9.17) is 9.57 Å². The molecule has 0 bridgehead atoms. The molecular formula is C5H11NO2. The molecule has 0 unspecified atom stereocenters. The number of hydrogen-bond acceptors (Lipinski definition) is 3. The van der Waals surface area contributed by atoms with Gasteiger partial charge in [-0.3, -0.25) is 0 Å². The largest absolute Gasteiger partial charge is 0.380 e. The zero-order valence-electron chi connectivity index (χ0n) is 4.85. The van der Waals surface area contributed by atoms with Crippen LogP contribution in [0, 0.1) is 0 Å². The summed E-state index contributed by atoms with van der Waals surface area (Å²) in [7, 11) is 0. The first kappa shape index (κ1) is 6.01. The summed E-state index contributed by atoms with van der Waals surface area (Å²) in [5.41, 5.74) is 2.76. The molecule has 1 heterocycles. The summed E-state index contributed by atoms with van der Waals surface area (Å²) in [6.07, 6.45) is 0.993.